The van der Waals surface area contributed by atoms with Gasteiger partial charge in [0.1, 0.15) is 11.5 Å². The van der Waals surface area contributed by atoms with Gasteiger partial charge in [-0.05, 0) is 44.9 Å². The van der Waals surface area contributed by atoms with Crippen LogP contribution in [-0.2, 0) is 20.6 Å². The molecule has 3 rings (SSSR count). The second-order valence-corrected chi connectivity index (χ2v) is 10.4. The first-order valence-corrected chi connectivity index (χ1v) is 12.9. The summed E-state index contributed by atoms with van der Waals surface area (Å²) in [5, 5.41) is 6.71. The summed E-state index contributed by atoms with van der Waals surface area (Å²) in [6, 6.07) is 4.59. The molecule has 0 atom stereocenters. The highest BCUT2D eigenvalue weighted by molar-refractivity contribution is 7.99. The number of sulfonamides is 1. The number of ether oxygens (including phenoxy) is 1. The smallest absolute Gasteiger partial charge is 0.243 e. The van der Waals surface area contributed by atoms with Crippen molar-refractivity contribution in [1.82, 2.24) is 9.46 Å². The molecule has 1 N–H and O–H groups in total. The molecule has 170 valence electrons. The summed E-state index contributed by atoms with van der Waals surface area (Å²) in [5.41, 5.74) is 2.15. The number of nitrogens with one attached hydrogen (secondary N) is 1. The molecule has 1 fully saturated rings. The molecule has 2 aromatic rings. The van der Waals surface area contributed by atoms with E-state index in [1.54, 1.807) is 6.07 Å². The van der Waals surface area contributed by atoms with Crippen LogP contribution in [0.3, 0.4) is 0 Å². The highest BCUT2D eigenvalue weighted by atomic mass is 32.2. The monoisotopic (exact) mass is 467 g/mol. The van der Waals surface area contributed by atoms with Crippen molar-refractivity contribution in [2.75, 3.05) is 31.3 Å². The van der Waals surface area contributed by atoms with Crippen molar-refractivity contribution in [2.24, 2.45) is 0 Å². The van der Waals surface area contributed by atoms with E-state index in [1.165, 1.54) is 35.3 Å². The Kier molecular flexibility index (Phi) is 8.01. The molecule has 1 aromatic heterocycles. The van der Waals surface area contributed by atoms with Gasteiger partial charge in [-0.2, -0.15) is 4.31 Å². The first-order chi connectivity index (χ1) is 14.8. The summed E-state index contributed by atoms with van der Waals surface area (Å²) < 4.78 is 38.2. The zero-order valence-corrected chi connectivity index (χ0v) is 19.8. The molecule has 0 spiro atoms. The van der Waals surface area contributed by atoms with Crippen molar-refractivity contribution in [2.45, 2.75) is 50.2 Å². The lowest BCUT2D eigenvalue weighted by Gasteiger charge is -2.21. The number of carbonyl (C=O) groups excluding carboxylic acids is 1. The number of hydrogen-bond donors (Lipinski definition) is 1. The lowest BCUT2D eigenvalue weighted by atomic mass is 10.2. The molecular weight excluding hydrogens is 438 g/mol. The van der Waals surface area contributed by atoms with Gasteiger partial charge in [-0.3, -0.25) is 4.79 Å². The van der Waals surface area contributed by atoms with Crippen LogP contribution in [0.25, 0.3) is 0 Å². The zero-order chi connectivity index (χ0) is 22.4. The third-order valence-corrected chi connectivity index (χ3v) is 8.16. The lowest BCUT2D eigenvalue weighted by Crippen LogP contribution is -2.32. The van der Waals surface area contributed by atoms with Crippen molar-refractivity contribution in [3.63, 3.8) is 0 Å². The predicted molar refractivity (Wildman–Crippen MR) is 121 cm³/mol. The Balaban J connectivity index is 1.69. The van der Waals surface area contributed by atoms with E-state index in [0.29, 0.717) is 30.3 Å². The maximum Gasteiger partial charge on any atom is 0.243 e. The number of carbonyl (C=O) groups is 1. The number of aryl methyl sites for hydroxylation is 2. The molecule has 1 saturated heterocycles. The molecule has 1 aliphatic heterocycles. The lowest BCUT2D eigenvalue weighted by molar-refractivity contribution is -0.113. The van der Waals surface area contributed by atoms with Gasteiger partial charge in [0.2, 0.25) is 15.9 Å². The largest absolute Gasteiger partial charge is 0.495 e. The number of methoxy groups -OCH3 is 1. The van der Waals surface area contributed by atoms with Crippen molar-refractivity contribution in [3.8, 4) is 5.75 Å². The van der Waals surface area contributed by atoms with Gasteiger partial charge in [0.15, 0.2) is 0 Å². The van der Waals surface area contributed by atoms with E-state index in [1.807, 2.05) is 13.8 Å². The molecule has 1 aromatic carbocycles. The summed E-state index contributed by atoms with van der Waals surface area (Å²) in [5.74, 6) is 1.74. The molecule has 0 unspecified atom stereocenters. The number of anilines is 1. The minimum Gasteiger partial charge on any atom is -0.495 e. The summed E-state index contributed by atoms with van der Waals surface area (Å²) in [6.07, 6.45) is 3.81. The standard InChI is InChI=1S/C21H29N3O5S2/c1-15-18(16(2)29-23-15)13-30-14-21(25)22-19-12-17(8-9-20(19)28-3)31(26,27)24-10-6-4-5-7-11-24/h8-9,12H,4-7,10-11,13-14H2,1-3H3,(H,22,25). The van der Waals surface area contributed by atoms with Gasteiger partial charge in [-0.25, -0.2) is 8.42 Å². The quantitative estimate of drug-likeness (QED) is 0.631. The van der Waals surface area contributed by atoms with E-state index in [0.717, 1.165) is 42.7 Å². The number of rotatable bonds is 8. The summed E-state index contributed by atoms with van der Waals surface area (Å²) in [4.78, 5) is 12.7. The van der Waals surface area contributed by atoms with Gasteiger partial charge in [0.05, 0.1) is 29.1 Å². The molecule has 31 heavy (non-hydrogen) atoms. The van der Waals surface area contributed by atoms with Crippen LogP contribution < -0.4 is 10.1 Å². The van der Waals surface area contributed by atoms with Gasteiger partial charge >= 0.3 is 0 Å². The molecule has 2 heterocycles. The molecular formula is C21H29N3O5S2. The fourth-order valence-corrected chi connectivity index (χ4v) is 6.04. The van der Waals surface area contributed by atoms with Crippen LogP contribution in [0.15, 0.2) is 27.6 Å². The Morgan fingerprint density at radius 1 is 1.23 bits per heavy atom. The predicted octanol–water partition coefficient (Wildman–Crippen LogP) is 3.74. The average molecular weight is 468 g/mol. The van der Waals surface area contributed by atoms with Crippen LogP contribution in [0.5, 0.6) is 5.75 Å². The van der Waals surface area contributed by atoms with Gasteiger partial charge < -0.3 is 14.6 Å². The Morgan fingerprint density at radius 2 is 1.94 bits per heavy atom. The van der Waals surface area contributed by atoms with Crippen molar-refractivity contribution in [1.29, 1.82) is 0 Å². The number of benzene rings is 1. The first-order valence-electron chi connectivity index (χ1n) is 10.3. The molecule has 0 radical (unpaired) electrons. The van der Waals surface area contributed by atoms with Crippen molar-refractivity contribution >= 4 is 33.4 Å². The van der Waals surface area contributed by atoms with E-state index in [-0.39, 0.29) is 16.6 Å². The maximum atomic E-state index is 13.1. The number of amides is 1. The number of thioether (sulfide) groups is 1. The molecule has 0 aliphatic carbocycles. The Labute approximate surface area is 187 Å². The van der Waals surface area contributed by atoms with Gasteiger partial charge in [0, 0.05) is 24.4 Å². The fraction of sp³-hybridized carbons (Fsp3) is 0.524. The van der Waals surface area contributed by atoms with Crippen molar-refractivity contribution in [3.05, 3.63) is 35.2 Å². The molecule has 1 amide bonds. The Bertz CT molecular complexity index is 993. The van der Waals surface area contributed by atoms with Gasteiger partial charge in [0.25, 0.3) is 0 Å². The first kappa shape index (κ1) is 23.6. The van der Waals surface area contributed by atoms with E-state index in [9.17, 15) is 13.2 Å². The maximum absolute atomic E-state index is 13.1. The molecule has 1 aliphatic rings. The van der Waals surface area contributed by atoms with Crippen LogP contribution >= 0.6 is 11.8 Å². The molecule has 0 bridgehead atoms. The molecule has 10 heteroatoms. The Morgan fingerprint density at radius 3 is 2.55 bits per heavy atom. The summed E-state index contributed by atoms with van der Waals surface area (Å²) in [6.45, 7) is 4.76. The minimum absolute atomic E-state index is 0.161. The highest BCUT2D eigenvalue weighted by Crippen LogP contribution is 2.30. The second-order valence-electron chi connectivity index (χ2n) is 7.52. The number of hydrogen-bond acceptors (Lipinski definition) is 7. The number of aromatic nitrogens is 1. The molecule has 0 saturated carbocycles. The fourth-order valence-electron chi connectivity index (χ4n) is 3.52. The topological polar surface area (TPSA) is 102 Å². The van der Waals surface area contributed by atoms with Crippen molar-refractivity contribution < 1.29 is 22.5 Å². The third kappa shape index (κ3) is 5.81. The number of nitrogens with zero attached hydrogens (tertiary/aromatic N) is 2. The SMILES string of the molecule is COc1ccc(S(=O)(=O)N2CCCCCC2)cc1NC(=O)CSCc1c(C)noc1C. The van der Waals surface area contributed by atoms with Crippen LogP contribution in [0.2, 0.25) is 0 Å². The Hall–Kier alpha value is -2.04. The average Bonchev–Trinajstić information content (AvgIpc) is 2.94. The normalized spacial score (nSPS) is 15.5. The van der Waals surface area contributed by atoms with Crippen LogP contribution in [0.4, 0.5) is 5.69 Å². The van der Waals surface area contributed by atoms with E-state index in [4.69, 9.17) is 9.26 Å². The highest BCUT2D eigenvalue weighted by Gasteiger charge is 2.26. The van der Waals surface area contributed by atoms with E-state index >= 15 is 0 Å². The second kappa shape index (κ2) is 10.5. The third-order valence-electron chi connectivity index (χ3n) is 5.31. The van der Waals surface area contributed by atoms with E-state index in [2.05, 4.69) is 10.5 Å². The summed E-state index contributed by atoms with van der Waals surface area (Å²) >= 11 is 1.44. The minimum atomic E-state index is -3.62. The van der Waals surface area contributed by atoms with Crippen LogP contribution in [0.1, 0.15) is 42.7 Å². The van der Waals surface area contributed by atoms with Gasteiger partial charge in [-0.1, -0.05) is 18.0 Å². The van der Waals surface area contributed by atoms with Gasteiger partial charge in [-0.15, -0.1) is 11.8 Å². The molecule has 8 nitrogen and oxygen atoms in total. The van der Waals surface area contributed by atoms with Crippen LogP contribution in [0, 0.1) is 13.8 Å². The summed E-state index contributed by atoms with van der Waals surface area (Å²) in [7, 11) is -2.13. The van der Waals surface area contributed by atoms with E-state index < -0.39 is 10.0 Å². The zero-order valence-electron chi connectivity index (χ0n) is 18.1. The van der Waals surface area contributed by atoms with Crippen LogP contribution in [-0.4, -0.2) is 49.7 Å².